The Morgan fingerprint density at radius 3 is 2.89 bits per heavy atom. The summed E-state index contributed by atoms with van der Waals surface area (Å²) in [5.74, 6) is 0.375. The zero-order valence-electron chi connectivity index (χ0n) is 15.5. The van der Waals surface area contributed by atoms with Crippen molar-refractivity contribution in [2.24, 2.45) is 5.92 Å². The van der Waals surface area contributed by atoms with Gasteiger partial charge in [0, 0.05) is 32.1 Å². The molecule has 2 heterocycles. The van der Waals surface area contributed by atoms with Crippen LogP contribution in [0.15, 0.2) is 30.3 Å². The highest BCUT2D eigenvalue weighted by molar-refractivity contribution is 5.79. The number of amides is 1. The van der Waals surface area contributed by atoms with Crippen molar-refractivity contribution >= 4 is 5.91 Å². The number of aryl methyl sites for hydroxylation is 1. The number of hydrogen-bond acceptors (Lipinski definition) is 4. The molecular formula is C21H25N5O. The van der Waals surface area contributed by atoms with Gasteiger partial charge in [0.05, 0.1) is 29.6 Å². The molecule has 0 unspecified atom stereocenters. The number of hydrogen-bond donors (Lipinski definition) is 1. The Morgan fingerprint density at radius 2 is 2.11 bits per heavy atom. The third kappa shape index (κ3) is 4.04. The standard InChI is InChI=1S/C21H25N5O/c22-12-17-5-1-2-6-18(17)14-25-9-4-10-26-20(15-25)11-19(24-26)13-23-21(27)16-7-3-8-16/h1-2,5-6,11,16H,3-4,7-10,13-15H2,(H,23,27). The molecule has 2 aliphatic rings. The van der Waals surface area contributed by atoms with Crippen molar-refractivity contribution in [3.05, 3.63) is 52.8 Å². The monoisotopic (exact) mass is 363 g/mol. The third-order valence-electron chi connectivity index (χ3n) is 5.60. The van der Waals surface area contributed by atoms with Crippen LogP contribution in [-0.4, -0.2) is 27.1 Å². The van der Waals surface area contributed by atoms with E-state index in [4.69, 9.17) is 0 Å². The van der Waals surface area contributed by atoms with Crippen LogP contribution in [0.2, 0.25) is 0 Å². The van der Waals surface area contributed by atoms with Gasteiger partial charge in [0.15, 0.2) is 0 Å². The molecule has 1 amide bonds. The molecule has 1 aliphatic heterocycles. The Labute approximate surface area is 159 Å². The van der Waals surface area contributed by atoms with E-state index in [0.29, 0.717) is 6.54 Å². The number of aromatic nitrogens is 2. The lowest BCUT2D eigenvalue weighted by molar-refractivity contribution is -0.127. The minimum absolute atomic E-state index is 0.166. The number of fused-ring (bicyclic) bond motifs is 1. The van der Waals surface area contributed by atoms with E-state index in [-0.39, 0.29) is 11.8 Å². The topological polar surface area (TPSA) is 74.0 Å². The highest BCUT2D eigenvalue weighted by Gasteiger charge is 2.25. The second-order valence-corrected chi connectivity index (χ2v) is 7.53. The lowest BCUT2D eigenvalue weighted by Gasteiger charge is -2.23. The van der Waals surface area contributed by atoms with Crippen LogP contribution in [-0.2, 0) is 31.0 Å². The number of nitriles is 1. The molecule has 1 N–H and O–H groups in total. The number of nitrogens with one attached hydrogen (secondary N) is 1. The zero-order chi connectivity index (χ0) is 18.6. The third-order valence-corrected chi connectivity index (χ3v) is 5.60. The van der Waals surface area contributed by atoms with Crippen molar-refractivity contribution in [1.82, 2.24) is 20.0 Å². The van der Waals surface area contributed by atoms with Gasteiger partial charge in [-0.1, -0.05) is 24.6 Å². The summed E-state index contributed by atoms with van der Waals surface area (Å²) in [5.41, 5.74) is 3.92. The van der Waals surface area contributed by atoms with E-state index in [2.05, 4.69) is 32.1 Å². The van der Waals surface area contributed by atoms with Crippen molar-refractivity contribution in [2.75, 3.05) is 6.54 Å². The van der Waals surface area contributed by atoms with Gasteiger partial charge in [-0.2, -0.15) is 10.4 Å². The van der Waals surface area contributed by atoms with E-state index in [1.165, 1.54) is 12.1 Å². The van der Waals surface area contributed by atoms with Gasteiger partial charge in [0.25, 0.3) is 0 Å². The number of benzene rings is 1. The molecule has 1 aromatic heterocycles. The van der Waals surface area contributed by atoms with Crippen LogP contribution in [0.25, 0.3) is 0 Å². The van der Waals surface area contributed by atoms with Gasteiger partial charge in [0.1, 0.15) is 0 Å². The van der Waals surface area contributed by atoms with Crippen LogP contribution in [0.1, 0.15) is 48.2 Å². The molecule has 27 heavy (non-hydrogen) atoms. The molecule has 0 bridgehead atoms. The van der Waals surface area contributed by atoms with Crippen molar-refractivity contribution in [3.8, 4) is 6.07 Å². The van der Waals surface area contributed by atoms with Crippen molar-refractivity contribution < 1.29 is 4.79 Å². The first-order chi connectivity index (χ1) is 13.2. The zero-order valence-corrected chi connectivity index (χ0v) is 15.5. The van der Waals surface area contributed by atoms with E-state index in [1.807, 2.05) is 24.3 Å². The summed E-state index contributed by atoms with van der Waals surface area (Å²) in [5, 5.41) is 17.0. The van der Waals surface area contributed by atoms with Gasteiger partial charge < -0.3 is 5.32 Å². The quantitative estimate of drug-likeness (QED) is 0.886. The molecule has 1 fully saturated rings. The highest BCUT2D eigenvalue weighted by atomic mass is 16.1. The van der Waals surface area contributed by atoms with Crippen LogP contribution < -0.4 is 5.32 Å². The Kier molecular flexibility index (Phi) is 5.21. The maximum atomic E-state index is 12.0. The molecule has 140 valence electrons. The summed E-state index contributed by atoms with van der Waals surface area (Å²) < 4.78 is 2.07. The van der Waals surface area contributed by atoms with Crippen LogP contribution in [0.4, 0.5) is 0 Å². The fourth-order valence-corrected chi connectivity index (χ4v) is 3.81. The fourth-order valence-electron chi connectivity index (χ4n) is 3.81. The Hall–Kier alpha value is -2.65. The lowest BCUT2D eigenvalue weighted by atomic mass is 9.85. The molecular weight excluding hydrogens is 338 g/mol. The van der Waals surface area contributed by atoms with E-state index < -0.39 is 0 Å². The summed E-state index contributed by atoms with van der Waals surface area (Å²) >= 11 is 0. The normalized spacial score (nSPS) is 17.4. The van der Waals surface area contributed by atoms with E-state index >= 15 is 0 Å². The average molecular weight is 363 g/mol. The predicted molar refractivity (Wildman–Crippen MR) is 101 cm³/mol. The first-order valence-corrected chi connectivity index (χ1v) is 9.76. The van der Waals surface area contributed by atoms with Crippen molar-refractivity contribution in [2.45, 2.75) is 51.9 Å². The molecule has 4 rings (SSSR count). The lowest BCUT2D eigenvalue weighted by Crippen LogP contribution is -2.34. The summed E-state index contributed by atoms with van der Waals surface area (Å²) in [6.07, 6.45) is 4.23. The molecule has 6 heteroatoms. The van der Waals surface area contributed by atoms with Crippen LogP contribution >= 0.6 is 0 Å². The molecule has 0 atom stereocenters. The molecule has 1 saturated carbocycles. The minimum Gasteiger partial charge on any atom is -0.350 e. The average Bonchev–Trinajstić information content (AvgIpc) is 2.91. The second-order valence-electron chi connectivity index (χ2n) is 7.53. The van der Waals surface area contributed by atoms with Crippen molar-refractivity contribution in [1.29, 1.82) is 5.26 Å². The molecule has 1 aliphatic carbocycles. The molecule has 0 spiro atoms. The summed E-state index contributed by atoms with van der Waals surface area (Å²) in [6, 6.07) is 12.2. The minimum atomic E-state index is 0.166. The van der Waals surface area contributed by atoms with E-state index in [9.17, 15) is 10.1 Å². The number of rotatable bonds is 5. The number of carbonyl (C=O) groups excluding carboxylic acids is 1. The van der Waals surface area contributed by atoms with Crippen LogP contribution in [0, 0.1) is 17.2 Å². The first kappa shape index (κ1) is 17.7. The maximum Gasteiger partial charge on any atom is 0.223 e. The number of nitrogens with zero attached hydrogens (tertiary/aromatic N) is 4. The molecule has 1 aromatic carbocycles. The first-order valence-electron chi connectivity index (χ1n) is 9.76. The van der Waals surface area contributed by atoms with E-state index in [1.54, 1.807) is 0 Å². The van der Waals surface area contributed by atoms with Crippen LogP contribution in [0.5, 0.6) is 0 Å². The van der Waals surface area contributed by atoms with Gasteiger partial charge in [-0.3, -0.25) is 14.4 Å². The maximum absolute atomic E-state index is 12.0. The van der Waals surface area contributed by atoms with Gasteiger partial charge in [0.2, 0.25) is 5.91 Å². The second kappa shape index (κ2) is 7.93. The summed E-state index contributed by atoms with van der Waals surface area (Å²) in [4.78, 5) is 14.4. The fraction of sp³-hybridized carbons (Fsp3) is 0.476. The Balaban J connectivity index is 1.40. The summed E-state index contributed by atoms with van der Waals surface area (Å²) in [6.45, 7) is 3.96. The predicted octanol–water partition coefficient (Wildman–Crippen LogP) is 2.58. The van der Waals surface area contributed by atoms with Gasteiger partial charge >= 0.3 is 0 Å². The van der Waals surface area contributed by atoms with Crippen LogP contribution in [0.3, 0.4) is 0 Å². The van der Waals surface area contributed by atoms with E-state index in [0.717, 1.165) is 62.3 Å². The SMILES string of the molecule is N#Cc1ccccc1CN1CCCn2nc(CNC(=O)C3CCC3)cc2C1. The largest absolute Gasteiger partial charge is 0.350 e. The highest BCUT2D eigenvalue weighted by Crippen LogP contribution is 2.26. The van der Waals surface area contributed by atoms with Gasteiger partial charge in [-0.25, -0.2) is 0 Å². The van der Waals surface area contributed by atoms with Crippen molar-refractivity contribution in [3.63, 3.8) is 0 Å². The Bertz CT molecular complexity index is 862. The molecule has 0 radical (unpaired) electrons. The molecule has 2 aromatic rings. The molecule has 0 saturated heterocycles. The summed E-state index contributed by atoms with van der Waals surface area (Å²) in [7, 11) is 0. The smallest absolute Gasteiger partial charge is 0.223 e. The Morgan fingerprint density at radius 1 is 1.26 bits per heavy atom. The van der Waals surface area contributed by atoms with Gasteiger partial charge in [-0.15, -0.1) is 0 Å². The molecule has 6 nitrogen and oxygen atoms in total. The number of carbonyl (C=O) groups is 1. The van der Waals surface area contributed by atoms with Gasteiger partial charge in [-0.05, 0) is 37.0 Å².